The van der Waals surface area contributed by atoms with Gasteiger partial charge in [-0.05, 0) is 24.0 Å². The number of amides is 1. The number of morpholine rings is 1. The van der Waals surface area contributed by atoms with E-state index < -0.39 is 0 Å². The third-order valence-electron chi connectivity index (χ3n) is 4.89. The van der Waals surface area contributed by atoms with Gasteiger partial charge in [-0.2, -0.15) is 5.10 Å². The summed E-state index contributed by atoms with van der Waals surface area (Å²) in [6.45, 7) is 3.87. The zero-order valence-electron chi connectivity index (χ0n) is 17.1. The molecule has 1 aliphatic heterocycles. The van der Waals surface area contributed by atoms with Crippen LogP contribution in [0.1, 0.15) is 5.56 Å². The van der Waals surface area contributed by atoms with Crippen molar-refractivity contribution in [3.63, 3.8) is 0 Å². The summed E-state index contributed by atoms with van der Waals surface area (Å²) in [5.74, 6) is 0.695. The van der Waals surface area contributed by atoms with E-state index in [9.17, 15) is 4.79 Å². The molecule has 3 aromatic rings. The standard InChI is InChI=1S/C21H23ClN6O2S/c1-31-21-25-19(27-10-12-30-13-11-27)16-14-24-28(20(16)26-21)9-8-23-18(29)7-6-15-4-2-3-5-17(15)22/h2-7,14H,8-13H2,1H3,(H,23,29)/b7-6+. The molecule has 1 fully saturated rings. The smallest absolute Gasteiger partial charge is 0.244 e. The highest BCUT2D eigenvalue weighted by atomic mass is 35.5. The van der Waals surface area contributed by atoms with Gasteiger partial charge in [0.1, 0.15) is 5.82 Å². The number of hydrogen-bond donors (Lipinski definition) is 1. The fraction of sp³-hybridized carbons (Fsp3) is 0.333. The molecular weight excluding hydrogens is 436 g/mol. The molecule has 0 atom stereocenters. The first-order chi connectivity index (χ1) is 15.2. The van der Waals surface area contributed by atoms with Crippen molar-refractivity contribution in [2.45, 2.75) is 11.7 Å². The molecule has 0 radical (unpaired) electrons. The van der Waals surface area contributed by atoms with Crippen LogP contribution in [0.15, 0.2) is 41.7 Å². The van der Waals surface area contributed by atoms with E-state index in [0.717, 1.165) is 35.5 Å². The third kappa shape index (κ3) is 5.17. The molecule has 1 amide bonds. The molecule has 4 rings (SSSR count). The number of aromatic nitrogens is 4. The molecule has 0 bridgehead atoms. The van der Waals surface area contributed by atoms with Gasteiger partial charge in [0.05, 0.1) is 31.3 Å². The Labute approximate surface area is 189 Å². The summed E-state index contributed by atoms with van der Waals surface area (Å²) >= 11 is 7.61. The van der Waals surface area contributed by atoms with Crippen LogP contribution in [0.25, 0.3) is 17.1 Å². The van der Waals surface area contributed by atoms with E-state index in [1.54, 1.807) is 23.0 Å². The van der Waals surface area contributed by atoms with Crippen molar-refractivity contribution in [2.75, 3.05) is 44.0 Å². The normalized spacial score (nSPS) is 14.5. The fourth-order valence-corrected chi connectivity index (χ4v) is 3.87. The minimum absolute atomic E-state index is 0.190. The van der Waals surface area contributed by atoms with Crippen LogP contribution >= 0.6 is 23.4 Å². The predicted octanol–water partition coefficient (Wildman–Crippen LogP) is 2.87. The highest BCUT2D eigenvalue weighted by Gasteiger charge is 2.19. The molecule has 2 aromatic heterocycles. The van der Waals surface area contributed by atoms with Crippen LogP contribution in [0.4, 0.5) is 5.82 Å². The third-order valence-corrected chi connectivity index (χ3v) is 5.78. The van der Waals surface area contributed by atoms with E-state index >= 15 is 0 Å². The van der Waals surface area contributed by atoms with Crippen LogP contribution in [0, 0.1) is 0 Å². The number of ether oxygens (including phenoxy) is 1. The number of benzene rings is 1. The largest absolute Gasteiger partial charge is 0.378 e. The average molecular weight is 459 g/mol. The molecule has 31 heavy (non-hydrogen) atoms. The molecule has 3 heterocycles. The van der Waals surface area contributed by atoms with Gasteiger partial charge in [0.2, 0.25) is 5.91 Å². The quantitative estimate of drug-likeness (QED) is 0.331. The Bertz CT molecular complexity index is 1100. The number of carbonyl (C=O) groups is 1. The maximum absolute atomic E-state index is 12.2. The fourth-order valence-electron chi connectivity index (χ4n) is 3.31. The number of anilines is 1. The van der Waals surface area contributed by atoms with Crippen LogP contribution in [0.5, 0.6) is 0 Å². The first-order valence-corrected chi connectivity index (χ1v) is 11.6. The number of fused-ring (bicyclic) bond motifs is 1. The van der Waals surface area contributed by atoms with E-state index in [1.165, 1.54) is 17.8 Å². The van der Waals surface area contributed by atoms with E-state index in [4.69, 9.17) is 21.3 Å². The van der Waals surface area contributed by atoms with Crippen molar-refractivity contribution in [1.29, 1.82) is 0 Å². The molecule has 10 heteroatoms. The maximum atomic E-state index is 12.2. The predicted molar refractivity (Wildman–Crippen MR) is 124 cm³/mol. The van der Waals surface area contributed by atoms with Gasteiger partial charge < -0.3 is 15.0 Å². The number of nitrogens with zero attached hydrogens (tertiary/aromatic N) is 5. The molecule has 8 nitrogen and oxygen atoms in total. The number of rotatable bonds is 7. The lowest BCUT2D eigenvalue weighted by atomic mass is 10.2. The summed E-state index contributed by atoms with van der Waals surface area (Å²) in [7, 11) is 0. The van der Waals surface area contributed by atoms with Crippen LogP contribution in [-0.2, 0) is 16.1 Å². The molecule has 0 aliphatic carbocycles. The van der Waals surface area contributed by atoms with E-state index in [0.29, 0.717) is 36.5 Å². The molecule has 1 aromatic carbocycles. The molecular formula is C21H23ClN6O2S. The minimum atomic E-state index is -0.190. The van der Waals surface area contributed by atoms with Crippen LogP contribution in [0.3, 0.4) is 0 Å². The summed E-state index contributed by atoms with van der Waals surface area (Å²) < 4.78 is 7.27. The molecule has 0 spiro atoms. The van der Waals surface area contributed by atoms with E-state index in [1.807, 2.05) is 24.5 Å². The molecule has 0 saturated carbocycles. The van der Waals surface area contributed by atoms with Crippen molar-refractivity contribution in [2.24, 2.45) is 0 Å². The van der Waals surface area contributed by atoms with Gasteiger partial charge >= 0.3 is 0 Å². The van der Waals surface area contributed by atoms with Crippen molar-refractivity contribution in [3.05, 3.63) is 47.1 Å². The first kappa shape index (κ1) is 21.6. The average Bonchev–Trinajstić information content (AvgIpc) is 3.21. The highest BCUT2D eigenvalue weighted by molar-refractivity contribution is 7.98. The summed E-state index contributed by atoms with van der Waals surface area (Å²) in [5, 5.41) is 9.58. The van der Waals surface area contributed by atoms with Crippen LogP contribution in [0.2, 0.25) is 5.02 Å². The number of carbonyl (C=O) groups excluding carboxylic acids is 1. The van der Waals surface area contributed by atoms with Gasteiger partial charge in [0.15, 0.2) is 10.8 Å². The van der Waals surface area contributed by atoms with Crippen molar-refractivity contribution in [3.8, 4) is 0 Å². The van der Waals surface area contributed by atoms with Crippen LogP contribution < -0.4 is 10.2 Å². The molecule has 0 unspecified atom stereocenters. The Morgan fingerprint density at radius 3 is 2.87 bits per heavy atom. The lowest BCUT2D eigenvalue weighted by Gasteiger charge is -2.28. The number of thioether (sulfide) groups is 1. The number of nitrogens with one attached hydrogen (secondary N) is 1. The van der Waals surface area contributed by atoms with Gasteiger partial charge in [0, 0.05) is 30.7 Å². The van der Waals surface area contributed by atoms with Gasteiger partial charge in [-0.25, -0.2) is 14.6 Å². The summed E-state index contributed by atoms with van der Waals surface area (Å²) in [6.07, 6.45) is 6.93. The zero-order valence-corrected chi connectivity index (χ0v) is 18.7. The van der Waals surface area contributed by atoms with Crippen molar-refractivity contribution >= 4 is 52.2 Å². The second kappa shape index (κ2) is 10.1. The molecule has 1 saturated heterocycles. The monoisotopic (exact) mass is 458 g/mol. The highest BCUT2D eigenvalue weighted by Crippen LogP contribution is 2.27. The molecule has 162 valence electrons. The van der Waals surface area contributed by atoms with Crippen molar-refractivity contribution < 1.29 is 9.53 Å². The topological polar surface area (TPSA) is 85.2 Å². The Balaban J connectivity index is 1.44. The summed E-state index contributed by atoms with van der Waals surface area (Å²) in [5.41, 5.74) is 1.57. The Kier molecular flexibility index (Phi) is 7.06. The zero-order chi connectivity index (χ0) is 21.6. The van der Waals surface area contributed by atoms with Crippen LogP contribution in [-0.4, -0.2) is 64.8 Å². The summed E-state index contributed by atoms with van der Waals surface area (Å²) in [4.78, 5) is 23.7. The molecule has 1 N–H and O–H groups in total. The van der Waals surface area contributed by atoms with E-state index in [2.05, 4.69) is 20.3 Å². The first-order valence-electron chi connectivity index (χ1n) is 9.96. The lowest BCUT2D eigenvalue weighted by Crippen LogP contribution is -2.37. The molecule has 1 aliphatic rings. The number of hydrogen-bond acceptors (Lipinski definition) is 7. The van der Waals surface area contributed by atoms with Gasteiger partial charge in [-0.1, -0.05) is 41.6 Å². The maximum Gasteiger partial charge on any atom is 0.244 e. The van der Waals surface area contributed by atoms with Gasteiger partial charge in [-0.3, -0.25) is 4.79 Å². The Morgan fingerprint density at radius 1 is 1.29 bits per heavy atom. The second-order valence-corrected chi connectivity index (χ2v) is 8.06. The minimum Gasteiger partial charge on any atom is -0.378 e. The number of halogens is 1. The second-order valence-electron chi connectivity index (χ2n) is 6.88. The SMILES string of the molecule is CSc1nc(N2CCOCC2)c2cnn(CCNC(=O)/C=C/c3ccccc3Cl)c2n1. The van der Waals surface area contributed by atoms with Crippen molar-refractivity contribution in [1.82, 2.24) is 25.1 Å². The Hall–Kier alpha value is -2.62. The van der Waals surface area contributed by atoms with Gasteiger partial charge in [-0.15, -0.1) is 0 Å². The van der Waals surface area contributed by atoms with E-state index in [-0.39, 0.29) is 5.91 Å². The Morgan fingerprint density at radius 2 is 2.10 bits per heavy atom. The van der Waals surface area contributed by atoms with Gasteiger partial charge in [0.25, 0.3) is 0 Å². The lowest BCUT2D eigenvalue weighted by molar-refractivity contribution is -0.116. The summed E-state index contributed by atoms with van der Waals surface area (Å²) in [6, 6.07) is 7.38.